The summed E-state index contributed by atoms with van der Waals surface area (Å²) in [5, 5.41) is 2.21. The minimum absolute atomic E-state index is 0.547. The average molecular weight is 296 g/mol. The van der Waals surface area contributed by atoms with Gasteiger partial charge in [-0.05, 0) is 24.6 Å². The zero-order chi connectivity index (χ0) is 15.3. The molecule has 0 aliphatic heterocycles. The minimum atomic E-state index is 0.547. The van der Waals surface area contributed by atoms with Crippen LogP contribution >= 0.6 is 0 Å². The molecule has 5 heteroatoms. The Hall–Kier alpha value is -1.56. The van der Waals surface area contributed by atoms with Gasteiger partial charge in [-0.1, -0.05) is 6.08 Å². The van der Waals surface area contributed by atoms with Gasteiger partial charge in [-0.25, -0.2) is 0 Å². The Morgan fingerprint density at radius 1 is 1.24 bits per heavy atom. The smallest absolute Gasteiger partial charge is 0.125 e. The molecular formula is C16H28N2O3+2. The van der Waals surface area contributed by atoms with Crippen molar-refractivity contribution in [3.63, 3.8) is 0 Å². The summed E-state index contributed by atoms with van der Waals surface area (Å²) >= 11 is 0. The van der Waals surface area contributed by atoms with Crippen molar-refractivity contribution < 1.29 is 25.3 Å². The van der Waals surface area contributed by atoms with Crippen LogP contribution < -0.4 is 20.5 Å². The zero-order valence-electron chi connectivity index (χ0n) is 13.0. The molecule has 0 unspecified atom stereocenters. The summed E-state index contributed by atoms with van der Waals surface area (Å²) in [6.45, 7) is 8.63. The number of hydrogen-bond donors (Lipinski definition) is 2. The highest BCUT2D eigenvalue weighted by Gasteiger charge is 2.04. The van der Waals surface area contributed by atoms with Gasteiger partial charge in [0.1, 0.15) is 31.2 Å². The van der Waals surface area contributed by atoms with Gasteiger partial charge in [-0.2, -0.15) is 0 Å². The molecule has 5 N–H and O–H groups in total. The highest BCUT2D eigenvalue weighted by molar-refractivity contribution is 5.41. The molecule has 0 aliphatic carbocycles. The number of hydrogen-bond acceptors (Lipinski definition) is 3. The molecule has 0 radical (unpaired) electrons. The van der Waals surface area contributed by atoms with Crippen LogP contribution in [-0.2, 0) is 11.2 Å². The van der Waals surface area contributed by atoms with Crippen LogP contribution in [0, 0.1) is 0 Å². The Labute approximate surface area is 127 Å². The third kappa shape index (κ3) is 7.13. The first-order chi connectivity index (χ1) is 10.3. The Morgan fingerprint density at radius 3 is 2.81 bits per heavy atom. The molecule has 21 heavy (non-hydrogen) atoms. The van der Waals surface area contributed by atoms with Crippen LogP contribution in [0.2, 0.25) is 0 Å². The standard InChI is InChI=1S/C16H26N2O3/c1-3-4-14-13-15(19-2)5-6-16(14)21-12-11-20-10-9-18-8-7-17/h3,5-6,13,18H,1,4,7-12,17H2,2H3/p+2. The lowest BCUT2D eigenvalue weighted by Gasteiger charge is -2.12. The lowest BCUT2D eigenvalue weighted by atomic mass is 10.1. The fraction of sp³-hybridized carbons (Fsp3) is 0.500. The van der Waals surface area contributed by atoms with Crippen LogP contribution in [0.1, 0.15) is 5.56 Å². The summed E-state index contributed by atoms with van der Waals surface area (Å²) in [6.07, 6.45) is 2.62. The van der Waals surface area contributed by atoms with E-state index in [1.165, 1.54) is 0 Å². The number of nitrogens with two attached hydrogens (primary N) is 1. The van der Waals surface area contributed by atoms with Crippen molar-refractivity contribution in [1.82, 2.24) is 0 Å². The molecule has 0 amide bonds. The average Bonchev–Trinajstić information content (AvgIpc) is 2.51. The van der Waals surface area contributed by atoms with Gasteiger partial charge in [0.2, 0.25) is 0 Å². The lowest BCUT2D eigenvalue weighted by Crippen LogP contribution is -2.88. The Bertz CT molecular complexity index is 411. The van der Waals surface area contributed by atoms with E-state index in [1.54, 1.807) is 7.11 Å². The lowest BCUT2D eigenvalue weighted by molar-refractivity contribution is -0.671. The molecule has 5 nitrogen and oxygen atoms in total. The van der Waals surface area contributed by atoms with Crippen LogP contribution in [0.25, 0.3) is 0 Å². The third-order valence-corrected chi connectivity index (χ3v) is 2.99. The van der Waals surface area contributed by atoms with Gasteiger partial charge in [0, 0.05) is 5.56 Å². The van der Waals surface area contributed by atoms with Crippen LogP contribution in [-0.4, -0.2) is 46.6 Å². The predicted molar refractivity (Wildman–Crippen MR) is 82.6 cm³/mol. The maximum Gasteiger partial charge on any atom is 0.125 e. The van der Waals surface area contributed by atoms with E-state index in [0.717, 1.165) is 49.7 Å². The van der Waals surface area contributed by atoms with Gasteiger partial charge in [0.15, 0.2) is 0 Å². The van der Waals surface area contributed by atoms with E-state index in [9.17, 15) is 0 Å². The largest absolute Gasteiger partial charge is 0.497 e. The highest BCUT2D eigenvalue weighted by Crippen LogP contribution is 2.24. The van der Waals surface area contributed by atoms with E-state index in [-0.39, 0.29) is 0 Å². The van der Waals surface area contributed by atoms with Crippen molar-refractivity contribution in [1.29, 1.82) is 0 Å². The molecule has 1 aromatic carbocycles. The first-order valence-corrected chi connectivity index (χ1v) is 7.41. The second kappa shape index (κ2) is 11.1. The minimum Gasteiger partial charge on any atom is -0.497 e. The summed E-state index contributed by atoms with van der Waals surface area (Å²) in [5.41, 5.74) is 4.87. The molecule has 1 rings (SSSR count). The van der Waals surface area contributed by atoms with E-state index >= 15 is 0 Å². The normalized spacial score (nSPS) is 10.4. The van der Waals surface area contributed by atoms with Crippen LogP contribution in [0.3, 0.4) is 0 Å². The van der Waals surface area contributed by atoms with E-state index in [0.29, 0.717) is 13.2 Å². The van der Waals surface area contributed by atoms with E-state index in [1.807, 2.05) is 24.3 Å². The monoisotopic (exact) mass is 296 g/mol. The van der Waals surface area contributed by atoms with Crippen molar-refractivity contribution in [2.75, 3.05) is 46.6 Å². The number of benzene rings is 1. The fourth-order valence-corrected chi connectivity index (χ4v) is 1.91. The van der Waals surface area contributed by atoms with Crippen LogP contribution in [0.4, 0.5) is 0 Å². The van der Waals surface area contributed by atoms with Gasteiger partial charge >= 0.3 is 0 Å². The van der Waals surface area contributed by atoms with Gasteiger partial charge < -0.3 is 25.3 Å². The van der Waals surface area contributed by atoms with Crippen molar-refractivity contribution in [3.8, 4) is 11.5 Å². The summed E-state index contributed by atoms with van der Waals surface area (Å²) < 4.78 is 16.5. The van der Waals surface area contributed by atoms with E-state index in [4.69, 9.17) is 14.2 Å². The number of quaternary nitrogens is 2. The fourth-order valence-electron chi connectivity index (χ4n) is 1.91. The second-order valence-electron chi connectivity index (χ2n) is 4.65. The maximum absolute atomic E-state index is 5.77. The summed E-state index contributed by atoms with van der Waals surface area (Å²) in [6, 6.07) is 5.81. The van der Waals surface area contributed by atoms with Crippen molar-refractivity contribution in [2.45, 2.75) is 6.42 Å². The molecule has 0 bridgehead atoms. The number of ether oxygens (including phenoxy) is 3. The first-order valence-electron chi connectivity index (χ1n) is 7.41. The van der Waals surface area contributed by atoms with Gasteiger partial charge in [0.25, 0.3) is 0 Å². The molecule has 1 aromatic rings. The van der Waals surface area contributed by atoms with Gasteiger partial charge in [-0.15, -0.1) is 6.58 Å². The predicted octanol–water partition coefficient (Wildman–Crippen LogP) is -0.376. The quantitative estimate of drug-likeness (QED) is 0.408. The van der Waals surface area contributed by atoms with Gasteiger partial charge in [-0.3, -0.25) is 0 Å². The molecule has 118 valence electrons. The second-order valence-corrected chi connectivity index (χ2v) is 4.65. The Balaban J connectivity index is 2.29. The molecule has 0 fully saturated rings. The molecule has 0 aromatic heterocycles. The summed E-state index contributed by atoms with van der Waals surface area (Å²) in [4.78, 5) is 0. The number of methoxy groups -OCH3 is 1. The van der Waals surface area contributed by atoms with Crippen molar-refractivity contribution in [3.05, 3.63) is 36.4 Å². The molecule has 0 heterocycles. The molecule has 0 aliphatic rings. The number of allylic oxidation sites excluding steroid dienone is 1. The van der Waals surface area contributed by atoms with E-state index in [2.05, 4.69) is 17.6 Å². The van der Waals surface area contributed by atoms with Crippen LogP contribution in [0.15, 0.2) is 30.9 Å². The SMILES string of the molecule is C=CCc1cc(OC)ccc1OCCOCC[NH2+]CC[NH3+]. The van der Waals surface area contributed by atoms with Crippen LogP contribution in [0.5, 0.6) is 11.5 Å². The highest BCUT2D eigenvalue weighted by atomic mass is 16.5. The molecular weight excluding hydrogens is 268 g/mol. The summed E-state index contributed by atoms with van der Waals surface area (Å²) in [5.74, 6) is 1.69. The topological polar surface area (TPSA) is 71.9 Å². The third-order valence-electron chi connectivity index (χ3n) is 2.99. The van der Waals surface area contributed by atoms with E-state index < -0.39 is 0 Å². The number of rotatable bonds is 12. The summed E-state index contributed by atoms with van der Waals surface area (Å²) in [7, 11) is 1.66. The molecule has 0 spiro atoms. The Morgan fingerprint density at radius 2 is 2.10 bits per heavy atom. The van der Waals surface area contributed by atoms with Crippen molar-refractivity contribution >= 4 is 0 Å². The molecule has 0 atom stereocenters. The Kier molecular flexibility index (Phi) is 9.28. The first kappa shape index (κ1) is 17.5. The molecule has 0 saturated heterocycles. The molecule has 0 saturated carbocycles. The van der Waals surface area contributed by atoms with Crippen molar-refractivity contribution in [2.24, 2.45) is 0 Å². The van der Waals surface area contributed by atoms with Gasteiger partial charge in [0.05, 0.1) is 26.9 Å². The zero-order valence-corrected chi connectivity index (χ0v) is 13.0. The maximum atomic E-state index is 5.77.